The molecule has 0 fully saturated rings. The number of hydrogen-bond acceptors (Lipinski definition) is 3. The van der Waals surface area contributed by atoms with E-state index >= 15 is 0 Å². The summed E-state index contributed by atoms with van der Waals surface area (Å²) in [6.45, 7) is 2.85. The van der Waals surface area contributed by atoms with E-state index < -0.39 is 0 Å². The Labute approximate surface area is 183 Å². The van der Waals surface area contributed by atoms with E-state index in [4.69, 9.17) is 10.1 Å². The number of aliphatic hydroxyl groups excluding tert-OH is 1. The van der Waals surface area contributed by atoms with Gasteiger partial charge in [0.15, 0.2) is 5.78 Å². The van der Waals surface area contributed by atoms with Crippen molar-refractivity contribution in [3.05, 3.63) is 96.8 Å². The summed E-state index contributed by atoms with van der Waals surface area (Å²) in [4.78, 5) is 14.8. The molecule has 0 bridgehead atoms. The molecule has 0 saturated heterocycles. The summed E-state index contributed by atoms with van der Waals surface area (Å²) in [6.07, 6.45) is 1.17. The number of benzene rings is 3. The Morgan fingerprint density at radius 3 is 2.21 bits per heavy atom. The van der Waals surface area contributed by atoms with E-state index in [1.807, 2.05) is 60.7 Å². The Bertz CT molecular complexity index is 1100. The third kappa shape index (κ3) is 5.73. The number of aliphatic hydroxyl groups is 1. The van der Waals surface area contributed by atoms with E-state index in [1.54, 1.807) is 0 Å². The number of hydrogen-bond donors (Lipinski definition) is 1. The summed E-state index contributed by atoms with van der Waals surface area (Å²) in [5.74, 6) is 0.857. The standard InChI is InChI=1S/C19H13N2.C5H8O2.Ir/c1-3-9-15(10-4-1)19-20-17-13-7-8-14-18(17)21(19)16-11-5-2-6-12-16;1-4(6)3-5(2)7;/h1-9,11-14H;3,6H,1-2H3;/q-1;;. The second-order valence-electron chi connectivity index (χ2n) is 6.27. The summed E-state index contributed by atoms with van der Waals surface area (Å²) in [7, 11) is 0. The SMILES string of the molecule is CC(=O)C=C(C)O.[Ir].[c-]1ccccc1-c1nc2ccccc2n1-c1ccccc1. The van der Waals surface area contributed by atoms with Crippen LogP contribution < -0.4 is 0 Å². The topological polar surface area (TPSA) is 55.1 Å². The summed E-state index contributed by atoms with van der Waals surface area (Å²) in [6, 6.07) is 29.7. The molecule has 149 valence electrons. The number of para-hydroxylation sites is 3. The number of carbonyl (C=O) groups excluding carboxylic acids is 1. The maximum atomic E-state index is 10.0. The number of allylic oxidation sites excluding steroid dienone is 2. The smallest absolute Gasteiger partial charge is 0.155 e. The zero-order valence-electron chi connectivity index (χ0n) is 16.2. The Balaban J connectivity index is 0.000000327. The van der Waals surface area contributed by atoms with Gasteiger partial charge < -0.3 is 9.67 Å². The largest absolute Gasteiger partial charge is 0.512 e. The van der Waals surface area contributed by atoms with Gasteiger partial charge in [-0.2, -0.15) is 0 Å². The first-order chi connectivity index (χ1) is 13.6. The first-order valence-electron chi connectivity index (χ1n) is 8.94. The number of imidazole rings is 1. The number of ketones is 1. The molecule has 1 radical (unpaired) electrons. The molecule has 3 aromatic carbocycles. The fourth-order valence-electron chi connectivity index (χ4n) is 2.87. The molecule has 0 spiro atoms. The first kappa shape index (κ1) is 22.3. The summed E-state index contributed by atoms with van der Waals surface area (Å²) < 4.78 is 2.18. The molecule has 5 heteroatoms. The van der Waals surface area contributed by atoms with Crippen molar-refractivity contribution >= 4 is 16.8 Å². The van der Waals surface area contributed by atoms with Crippen LogP contribution in [0.1, 0.15) is 13.8 Å². The van der Waals surface area contributed by atoms with Crippen molar-refractivity contribution in [2.45, 2.75) is 13.8 Å². The van der Waals surface area contributed by atoms with Crippen LogP contribution >= 0.6 is 0 Å². The van der Waals surface area contributed by atoms with E-state index in [0.717, 1.165) is 28.1 Å². The summed E-state index contributed by atoms with van der Waals surface area (Å²) in [5, 5.41) is 8.36. The number of nitrogens with zero attached hydrogens (tertiary/aromatic N) is 2. The number of rotatable bonds is 3. The van der Waals surface area contributed by atoms with E-state index in [9.17, 15) is 4.79 Å². The monoisotopic (exact) mass is 562 g/mol. The number of carbonyl (C=O) groups is 1. The molecule has 4 nitrogen and oxygen atoms in total. The van der Waals surface area contributed by atoms with Gasteiger partial charge in [-0.25, -0.2) is 0 Å². The van der Waals surface area contributed by atoms with Crippen molar-refractivity contribution in [2.75, 3.05) is 0 Å². The van der Waals surface area contributed by atoms with Crippen molar-refractivity contribution < 1.29 is 30.0 Å². The molecular weight excluding hydrogens is 540 g/mol. The quantitative estimate of drug-likeness (QED) is 0.203. The molecule has 4 rings (SSSR count). The van der Waals surface area contributed by atoms with Gasteiger partial charge >= 0.3 is 0 Å². The normalized spacial score (nSPS) is 10.6. The van der Waals surface area contributed by atoms with Gasteiger partial charge in [0, 0.05) is 31.9 Å². The minimum Gasteiger partial charge on any atom is -0.512 e. The molecule has 0 amide bonds. The van der Waals surface area contributed by atoms with Crippen LogP contribution in [0.25, 0.3) is 28.1 Å². The molecule has 1 aromatic heterocycles. The number of fused-ring (bicyclic) bond motifs is 1. The molecule has 1 heterocycles. The van der Waals surface area contributed by atoms with E-state index in [1.165, 1.54) is 19.9 Å². The minimum atomic E-state index is -0.125. The zero-order valence-corrected chi connectivity index (χ0v) is 18.6. The summed E-state index contributed by atoms with van der Waals surface area (Å²) in [5.41, 5.74) is 4.21. The van der Waals surface area contributed by atoms with Gasteiger partial charge in [0.2, 0.25) is 0 Å². The average Bonchev–Trinajstić information content (AvgIpc) is 3.08. The molecule has 0 saturated carbocycles. The zero-order chi connectivity index (χ0) is 19.9. The second kappa shape index (κ2) is 10.5. The third-order valence-electron chi connectivity index (χ3n) is 3.94. The maximum absolute atomic E-state index is 10.0. The van der Waals surface area contributed by atoms with Gasteiger partial charge in [0.05, 0.1) is 22.6 Å². The molecule has 0 atom stereocenters. The van der Waals surface area contributed by atoms with Gasteiger partial charge in [-0.05, 0) is 38.1 Å². The fraction of sp³-hybridized carbons (Fsp3) is 0.0833. The Hall–Kier alpha value is -3.01. The van der Waals surface area contributed by atoms with Crippen molar-refractivity contribution in [1.29, 1.82) is 0 Å². The van der Waals surface area contributed by atoms with E-state index in [-0.39, 0.29) is 31.6 Å². The van der Waals surface area contributed by atoms with Crippen molar-refractivity contribution in [3.8, 4) is 17.1 Å². The van der Waals surface area contributed by atoms with Gasteiger partial charge in [0.25, 0.3) is 0 Å². The molecule has 0 unspecified atom stereocenters. The molecule has 1 N–H and O–H groups in total. The maximum Gasteiger partial charge on any atom is 0.155 e. The van der Waals surface area contributed by atoms with Gasteiger partial charge in [-0.3, -0.25) is 9.78 Å². The Kier molecular flexibility index (Phi) is 8.08. The molecule has 0 aliphatic carbocycles. The molecule has 0 aliphatic heterocycles. The van der Waals surface area contributed by atoms with Crippen LogP contribution in [0, 0.1) is 6.07 Å². The first-order valence-corrected chi connectivity index (χ1v) is 8.94. The van der Waals surface area contributed by atoms with Crippen LogP contribution in [0.15, 0.2) is 90.7 Å². The van der Waals surface area contributed by atoms with Crippen LogP contribution in [-0.2, 0) is 24.9 Å². The Morgan fingerprint density at radius 1 is 0.966 bits per heavy atom. The Morgan fingerprint density at radius 2 is 1.62 bits per heavy atom. The van der Waals surface area contributed by atoms with Crippen LogP contribution in [0.2, 0.25) is 0 Å². The number of aromatic nitrogens is 2. The van der Waals surface area contributed by atoms with Crippen molar-refractivity contribution in [2.24, 2.45) is 0 Å². The predicted molar refractivity (Wildman–Crippen MR) is 112 cm³/mol. The van der Waals surface area contributed by atoms with Crippen LogP contribution in [0.3, 0.4) is 0 Å². The molecule has 0 aliphatic rings. The predicted octanol–water partition coefficient (Wildman–Crippen LogP) is 5.53. The minimum absolute atomic E-state index is 0. The van der Waals surface area contributed by atoms with Crippen LogP contribution in [0.4, 0.5) is 0 Å². The van der Waals surface area contributed by atoms with Gasteiger partial charge in [-0.15, -0.1) is 35.9 Å². The second-order valence-corrected chi connectivity index (χ2v) is 6.27. The van der Waals surface area contributed by atoms with E-state index in [2.05, 4.69) is 28.8 Å². The third-order valence-corrected chi connectivity index (χ3v) is 3.94. The average molecular weight is 562 g/mol. The molecule has 29 heavy (non-hydrogen) atoms. The van der Waals surface area contributed by atoms with E-state index in [0.29, 0.717) is 0 Å². The van der Waals surface area contributed by atoms with Gasteiger partial charge in [0.1, 0.15) is 0 Å². The fourth-order valence-corrected chi connectivity index (χ4v) is 2.87. The van der Waals surface area contributed by atoms with Crippen LogP contribution in [-0.4, -0.2) is 20.4 Å². The van der Waals surface area contributed by atoms with Crippen molar-refractivity contribution in [1.82, 2.24) is 9.55 Å². The van der Waals surface area contributed by atoms with Crippen LogP contribution in [0.5, 0.6) is 0 Å². The van der Waals surface area contributed by atoms with Crippen molar-refractivity contribution in [3.63, 3.8) is 0 Å². The van der Waals surface area contributed by atoms with Gasteiger partial charge in [-0.1, -0.05) is 30.3 Å². The summed E-state index contributed by atoms with van der Waals surface area (Å²) >= 11 is 0. The molecule has 4 aromatic rings. The molecular formula is C24H21IrN2O2-.